The molecular formula is C21H25FN2O2. The number of hydrogen-bond donors (Lipinski definition) is 0. The summed E-state index contributed by atoms with van der Waals surface area (Å²) in [7, 11) is 1.66. The van der Waals surface area contributed by atoms with Crippen molar-refractivity contribution in [3.05, 3.63) is 65.5 Å². The lowest BCUT2D eigenvalue weighted by Crippen LogP contribution is -2.36. The maximum atomic E-state index is 13.8. The fourth-order valence-corrected chi connectivity index (χ4v) is 3.28. The molecule has 1 heterocycles. The normalized spacial score (nSPS) is 15.5. The number of amides is 1. The molecule has 3 rings (SSSR count). The highest BCUT2D eigenvalue weighted by atomic mass is 19.1. The molecular weight excluding hydrogens is 331 g/mol. The second kappa shape index (κ2) is 8.81. The van der Waals surface area contributed by atoms with E-state index in [1.54, 1.807) is 25.3 Å². The molecule has 4 nitrogen and oxygen atoms in total. The van der Waals surface area contributed by atoms with E-state index in [0.29, 0.717) is 12.1 Å². The molecule has 0 unspecified atom stereocenters. The van der Waals surface area contributed by atoms with E-state index in [-0.39, 0.29) is 18.1 Å². The van der Waals surface area contributed by atoms with Gasteiger partial charge >= 0.3 is 0 Å². The first-order chi connectivity index (χ1) is 12.7. The lowest BCUT2D eigenvalue weighted by atomic mass is 10.1. The first kappa shape index (κ1) is 18.4. The van der Waals surface area contributed by atoms with Crippen LogP contribution in [0.3, 0.4) is 0 Å². The van der Waals surface area contributed by atoms with E-state index in [1.807, 2.05) is 17.0 Å². The van der Waals surface area contributed by atoms with Gasteiger partial charge in [0.1, 0.15) is 11.6 Å². The van der Waals surface area contributed by atoms with Crippen LogP contribution in [0.4, 0.5) is 4.39 Å². The third-order valence-electron chi connectivity index (χ3n) is 4.81. The zero-order chi connectivity index (χ0) is 18.4. The van der Waals surface area contributed by atoms with E-state index >= 15 is 0 Å². The van der Waals surface area contributed by atoms with Crippen molar-refractivity contribution in [1.82, 2.24) is 9.80 Å². The van der Waals surface area contributed by atoms with Gasteiger partial charge in [0.15, 0.2) is 0 Å². The Morgan fingerprint density at radius 1 is 1.04 bits per heavy atom. The Labute approximate surface area is 154 Å². The first-order valence-corrected chi connectivity index (χ1v) is 9.02. The predicted octanol–water partition coefficient (Wildman–Crippen LogP) is 3.11. The topological polar surface area (TPSA) is 32.8 Å². The maximum absolute atomic E-state index is 13.8. The van der Waals surface area contributed by atoms with Gasteiger partial charge in [-0.05, 0) is 35.7 Å². The summed E-state index contributed by atoms with van der Waals surface area (Å²) in [6.45, 7) is 4.06. The summed E-state index contributed by atoms with van der Waals surface area (Å²) in [6, 6.07) is 14.6. The number of benzene rings is 2. The standard InChI is InChI=1S/C21H25FN2O2/c1-26-19-9-7-17(8-10-19)16-23-11-4-12-24(14-13-23)21(25)15-18-5-2-3-6-20(18)22/h2-3,5-10H,4,11-16H2,1H3. The minimum atomic E-state index is -0.309. The number of carbonyl (C=O) groups excluding carboxylic acids is 1. The summed E-state index contributed by atoms with van der Waals surface area (Å²) < 4.78 is 19.0. The SMILES string of the molecule is COc1ccc(CN2CCCN(C(=O)Cc3ccccc3F)CC2)cc1. The summed E-state index contributed by atoms with van der Waals surface area (Å²) in [5.41, 5.74) is 1.70. The van der Waals surface area contributed by atoms with Crippen LogP contribution in [0.5, 0.6) is 5.75 Å². The van der Waals surface area contributed by atoms with Crippen molar-refractivity contribution in [3.63, 3.8) is 0 Å². The van der Waals surface area contributed by atoms with E-state index < -0.39 is 0 Å². The smallest absolute Gasteiger partial charge is 0.227 e. The van der Waals surface area contributed by atoms with Crippen molar-refractivity contribution < 1.29 is 13.9 Å². The highest BCUT2D eigenvalue weighted by Gasteiger charge is 2.20. The Kier molecular flexibility index (Phi) is 6.23. The Morgan fingerprint density at radius 2 is 1.81 bits per heavy atom. The third kappa shape index (κ3) is 4.82. The number of nitrogens with zero attached hydrogens (tertiary/aromatic N) is 2. The summed E-state index contributed by atoms with van der Waals surface area (Å²) in [6.07, 6.45) is 1.06. The van der Waals surface area contributed by atoms with Gasteiger partial charge in [-0.25, -0.2) is 4.39 Å². The molecule has 0 saturated carbocycles. The van der Waals surface area contributed by atoms with Crippen LogP contribution in [-0.2, 0) is 17.8 Å². The fraction of sp³-hybridized carbons (Fsp3) is 0.381. The molecule has 1 amide bonds. The Balaban J connectivity index is 1.54. The van der Waals surface area contributed by atoms with Crippen molar-refractivity contribution in [2.45, 2.75) is 19.4 Å². The molecule has 1 aliphatic heterocycles. The van der Waals surface area contributed by atoms with Gasteiger partial charge in [-0.3, -0.25) is 9.69 Å². The van der Waals surface area contributed by atoms with E-state index in [2.05, 4.69) is 17.0 Å². The van der Waals surface area contributed by atoms with Crippen LogP contribution in [0.2, 0.25) is 0 Å². The van der Waals surface area contributed by atoms with E-state index in [4.69, 9.17) is 4.74 Å². The highest BCUT2D eigenvalue weighted by molar-refractivity contribution is 5.78. The molecule has 0 radical (unpaired) electrons. The fourth-order valence-electron chi connectivity index (χ4n) is 3.28. The average Bonchev–Trinajstić information content (AvgIpc) is 2.90. The van der Waals surface area contributed by atoms with Crippen LogP contribution < -0.4 is 4.74 Å². The second-order valence-corrected chi connectivity index (χ2v) is 6.63. The minimum absolute atomic E-state index is 0.00129. The van der Waals surface area contributed by atoms with Crippen molar-refractivity contribution in [3.8, 4) is 5.75 Å². The molecule has 0 atom stereocenters. The van der Waals surface area contributed by atoms with Crippen molar-refractivity contribution in [1.29, 1.82) is 0 Å². The van der Waals surface area contributed by atoms with Gasteiger partial charge in [0.05, 0.1) is 13.5 Å². The first-order valence-electron chi connectivity index (χ1n) is 9.02. The van der Waals surface area contributed by atoms with Gasteiger partial charge in [-0.15, -0.1) is 0 Å². The highest BCUT2D eigenvalue weighted by Crippen LogP contribution is 2.15. The van der Waals surface area contributed by atoms with Gasteiger partial charge in [0, 0.05) is 32.7 Å². The van der Waals surface area contributed by atoms with E-state index in [1.165, 1.54) is 11.6 Å². The molecule has 1 fully saturated rings. The zero-order valence-corrected chi connectivity index (χ0v) is 15.2. The minimum Gasteiger partial charge on any atom is -0.497 e. The molecule has 0 spiro atoms. The number of methoxy groups -OCH3 is 1. The summed E-state index contributed by atoms with van der Waals surface area (Å²) in [5, 5.41) is 0. The van der Waals surface area contributed by atoms with Gasteiger partial charge in [-0.2, -0.15) is 0 Å². The van der Waals surface area contributed by atoms with Crippen LogP contribution in [-0.4, -0.2) is 49.0 Å². The third-order valence-corrected chi connectivity index (χ3v) is 4.81. The molecule has 0 aromatic heterocycles. The molecule has 0 N–H and O–H groups in total. The molecule has 1 saturated heterocycles. The largest absolute Gasteiger partial charge is 0.497 e. The van der Waals surface area contributed by atoms with Crippen LogP contribution >= 0.6 is 0 Å². The number of carbonyl (C=O) groups is 1. The molecule has 1 aliphatic rings. The average molecular weight is 356 g/mol. The lowest BCUT2D eigenvalue weighted by molar-refractivity contribution is -0.130. The van der Waals surface area contributed by atoms with Crippen molar-refractivity contribution >= 4 is 5.91 Å². The Morgan fingerprint density at radius 3 is 2.54 bits per heavy atom. The van der Waals surface area contributed by atoms with Crippen LogP contribution in [0.15, 0.2) is 48.5 Å². The van der Waals surface area contributed by atoms with Crippen molar-refractivity contribution in [2.75, 3.05) is 33.3 Å². The molecule has 5 heteroatoms. The number of rotatable bonds is 5. The Hall–Kier alpha value is -2.40. The second-order valence-electron chi connectivity index (χ2n) is 6.63. The molecule has 138 valence electrons. The summed E-state index contributed by atoms with van der Waals surface area (Å²) >= 11 is 0. The zero-order valence-electron chi connectivity index (χ0n) is 15.2. The van der Waals surface area contributed by atoms with Crippen molar-refractivity contribution in [2.24, 2.45) is 0 Å². The quantitative estimate of drug-likeness (QED) is 0.825. The maximum Gasteiger partial charge on any atom is 0.227 e. The van der Waals surface area contributed by atoms with E-state index in [0.717, 1.165) is 38.3 Å². The molecule has 0 bridgehead atoms. The molecule has 0 aliphatic carbocycles. The predicted molar refractivity (Wildman–Crippen MR) is 99.6 cm³/mol. The monoisotopic (exact) mass is 356 g/mol. The lowest BCUT2D eigenvalue weighted by Gasteiger charge is -2.22. The van der Waals surface area contributed by atoms with Gasteiger partial charge in [0.25, 0.3) is 0 Å². The molecule has 2 aromatic rings. The number of hydrogen-bond acceptors (Lipinski definition) is 3. The van der Waals surface area contributed by atoms with Crippen LogP contribution in [0, 0.1) is 5.82 Å². The van der Waals surface area contributed by atoms with Gasteiger partial charge in [0.2, 0.25) is 5.91 Å². The molecule has 26 heavy (non-hydrogen) atoms. The Bertz CT molecular complexity index is 733. The van der Waals surface area contributed by atoms with Gasteiger partial charge in [-0.1, -0.05) is 30.3 Å². The summed E-state index contributed by atoms with van der Waals surface area (Å²) in [5.74, 6) is 0.549. The molecule has 2 aromatic carbocycles. The summed E-state index contributed by atoms with van der Waals surface area (Å²) in [4.78, 5) is 16.8. The number of halogens is 1. The van der Waals surface area contributed by atoms with E-state index in [9.17, 15) is 9.18 Å². The van der Waals surface area contributed by atoms with Crippen LogP contribution in [0.1, 0.15) is 17.5 Å². The van der Waals surface area contributed by atoms with Gasteiger partial charge < -0.3 is 9.64 Å². The van der Waals surface area contributed by atoms with Crippen LogP contribution in [0.25, 0.3) is 0 Å². The number of ether oxygens (including phenoxy) is 1.